The molecular weight excluding hydrogens is 248 g/mol. The molecule has 1 aliphatic heterocycles. The first-order valence-electron chi connectivity index (χ1n) is 6.34. The minimum atomic E-state index is 0.224. The SMILES string of the molecule is CC1(C)CCC(=O)N(Cc2cc(Cl)ccn2)CC1. The number of aromatic nitrogens is 1. The molecule has 2 heterocycles. The maximum atomic E-state index is 12.1. The minimum Gasteiger partial charge on any atom is -0.337 e. The Hall–Kier alpha value is -1.09. The minimum absolute atomic E-state index is 0.224. The maximum Gasteiger partial charge on any atom is 0.222 e. The Morgan fingerprint density at radius 3 is 2.94 bits per heavy atom. The van der Waals surface area contributed by atoms with Gasteiger partial charge in [-0.05, 0) is 30.4 Å². The zero-order valence-electron chi connectivity index (χ0n) is 10.9. The van der Waals surface area contributed by atoms with Crippen molar-refractivity contribution in [3.63, 3.8) is 0 Å². The summed E-state index contributed by atoms with van der Waals surface area (Å²) in [7, 11) is 0. The molecule has 2 rings (SSSR count). The van der Waals surface area contributed by atoms with Gasteiger partial charge in [-0.25, -0.2) is 0 Å². The highest BCUT2D eigenvalue weighted by Crippen LogP contribution is 2.30. The zero-order chi connectivity index (χ0) is 13.2. The van der Waals surface area contributed by atoms with Crippen LogP contribution in [0.1, 0.15) is 38.8 Å². The third-order valence-corrected chi connectivity index (χ3v) is 3.79. The van der Waals surface area contributed by atoms with E-state index in [-0.39, 0.29) is 11.3 Å². The fraction of sp³-hybridized carbons (Fsp3) is 0.571. The molecule has 1 aromatic rings. The molecule has 18 heavy (non-hydrogen) atoms. The number of pyridine rings is 1. The molecule has 0 spiro atoms. The van der Waals surface area contributed by atoms with Crippen molar-refractivity contribution in [3.05, 3.63) is 29.0 Å². The van der Waals surface area contributed by atoms with Gasteiger partial charge in [0.1, 0.15) is 0 Å². The summed E-state index contributed by atoms with van der Waals surface area (Å²) in [5, 5.41) is 0.669. The van der Waals surface area contributed by atoms with Gasteiger partial charge in [-0.3, -0.25) is 9.78 Å². The van der Waals surface area contributed by atoms with Crippen LogP contribution in [0.2, 0.25) is 5.02 Å². The van der Waals surface area contributed by atoms with Crippen molar-refractivity contribution >= 4 is 17.5 Å². The van der Waals surface area contributed by atoms with Crippen molar-refractivity contribution in [3.8, 4) is 0 Å². The number of carbonyl (C=O) groups is 1. The lowest BCUT2D eigenvalue weighted by Crippen LogP contribution is -2.30. The van der Waals surface area contributed by atoms with Crippen molar-refractivity contribution in [2.45, 2.75) is 39.7 Å². The molecule has 0 atom stereocenters. The molecule has 1 fully saturated rings. The summed E-state index contributed by atoms with van der Waals surface area (Å²) >= 11 is 5.93. The average molecular weight is 267 g/mol. The van der Waals surface area contributed by atoms with Crippen LogP contribution in [0, 0.1) is 5.41 Å². The Kier molecular flexibility index (Phi) is 3.91. The normalized spacial score (nSPS) is 19.7. The first-order chi connectivity index (χ1) is 8.46. The number of hydrogen-bond donors (Lipinski definition) is 0. The summed E-state index contributed by atoms with van der Waals surface area (Å²) in [5.41, 5.74) is 1.11. The molecule has 1 amide bonds. The van der Waals surface area contributed by atoms with E-state index in [2.05, 4.69) is 18.8 Å². The Labute approximate surface area is 113 Å². The van der Waals surface area contributed by atoms with Crippen molar-refractivity contribution in [2.24, 2.45) is 5.41 Å². The highest BCUT2D eigenvalue weighted by Gasteiger charge is 2.27. The topological polar surface area (TPSA) is 33.2 Å². The molecule has 0 saturated carbocycles. The van der Waals surface area contributed by atoms with Gasteiger partial charge in [0.2, 0.25) is 5.91 Å². The van der Waals surface area contributed by atoms with Crippen LogP contribution in [-0.2, 0) is 11.3 Å². The highest BCUT2D eigenvalue weighted by atomic mass is 35.5. The van der Waals surface area contributed by atoms with Crippen molar-refractivity contribution < 1.29 is 4.79 Å². The molecule has 0 aliphatic carbocycles. The van der Waals surface area contributed by atoms with Crippen LogP contribution in [0.3, 0.4) is 0 Å². The van der Waals surface area contributed by atoms with Gasteiger partial charge in [0.05, 0.1) is 12.2 Å². The third kappa shape index (κ3) is 3.45. The summed E-state index contributed by atoms with van der Waals surface area (Å²) in [6.45, 7) is 5.82. The number of likely N-dealkylation sites (tertiary alicyclic amines) is 1. The molecule has 0 aromatic carbocycles. The van der Waals surface area contributed by atoms with Crippen molar-refractivity contribution in [1.82, 2.24) is 9.88 Å². The first kappa shape index (κ1) is 13.3. The quantitative estimate of drug-likeness (QED) is 0.823. The van der Waals surface area contributed by atoms with Gasteiger partial charge in [0.25, 0.3) is 0 Å². The molecule has 0 bridgehead atoms. The Morgan fingerprint density at radius 2 is 2.22 bits per heavy atom. The number of rotatable bonds is 2. The Balaban J connectivity index is 2.06. The zero-order valence-corrected chi connectivity index (χ0v) is 11.7. The lowest BCUT2D eigenvalue weighted by atomic mass is 9.85. The largest absolute Gasteiger partial charge is 0.337 e. The lowest BCUT2D eigenvalue weighted by Gasteiger charge is -2.23. The molecule has 1 aromatic heterocycles. The molecule has 0 unspecified atom stereocenters. The molecule has 98 valence electrons. The summed E-state index contributed by atoms with van der Waals surface area (Å²) in [4.78, 5) is 18.2. The van der Waals surface area contributed by atoms with Gasteiger partial charge in [-0.15, -0.1) is 0 Å². The lowest BCUT2D eigenvalue weighted by molar-refractivity contribution is -0.131. The van der Waals surface area contributed by atoms with E-state index in [0.717, 1.165) is 25.1 Å². The summed E-state index contributed by atoms with van der Waals surface area (Å²) in [6.07, 6.45) is 4.32. The molecule has 1 saturated heterocycles. The van der Waals surface area contributed by atoms with Gasteiger partial charge < -0.3 is 4.90 Å². The van der Waals surface area contributed by atoms with Gasteiger partial charge in [0, 0.05) is 24.2 Å². The van der Waals surface area contributed by atoms with E-state index >= 15 is 0 Å². The van der Waals surface area contributed by atoms with E-state index in [1.165, 1.54) is 0 Å². The summed E-state index contributed by atoms with van der Waals surface area (Å²) in [6, 6.07) is 3.57. The second kappa shape index (κ2) is 5.27. The number of carbonyl (C=O) groups excluding carboxylic acids is 1. The van der Waals surface area contributed by atoms with E-state index in [4.69, 9.17) is 11.6 Å². The van der Waals surface area contributed by atoms with E-state index in [9.17, 15) is 4.79 Å². The number of amides is 1. The number of nitrogens with zero attached hydrogens (tertiary/aromatic N) is 2. The fourth-order valence-corrected chi connectivity index (χ4v) is 2.37. The van der Waals surface area contributed by atoms with Crippen LogP contribution < -0.4 is 0 Å². The predicted octanol–water partition coefficient (Wildman–Crippen LogP) is 3.27. The standard InChI is InChI=1S/C14H19ClN2O/c1-14(2)5-3-13(18)17(8-6-14)10-12-9-11(15)4-7-16-12/h4,7,9H,3,5-6,8,10H2,1-2H3. The van der Waals surface area contributed by atoms with Gasteiger partial charge in [-0.2, -0.15) is 0 Å². The maximum absolute atomic E-state index is 12.1. The number of halogens is 1. The fourth-order valence-electron chi connectivity index (χ4n) is 2.19. The molecule has 1 aliphatic rings. The molecule has 3 nitrogen and oxygen atoms in total. The van der Waals surface area contributed by atoms with Crippen molar-refractivity contribution in [2.75, 3.05) is 6.54 Å². The molecular formula is C14H19ClN2O. The van der Waals surface area contributed by atoms with Crippen LogP contribution in [0.4, 0.5) is 0 Å². The van der Waals surface area contributed by atoms with Crippen LogP contribution >= 0.6 is 11.6 Å². The van der Waals surface area contributed by atoms with Crippen LogP contribution in [0.15, 0.2) is 18.3 Å². The third-order valence-electron chi connectivity index (χ3n) is 3.56. The van der Waals surface area contributed by atoms with Crippen LogP contribution in [0.25, 0.3) is 0 Å². The number of hydrogen-bond acceptors (Lipinski definition) is 2. The highest BCUT2D eigenvalue weighted by molar-refractivity contribution is 6.30. The molecule has 4 heteroatoms. The Bertz CT molecular complexity index is 445. The molecule has 0 N–H and O–H groups in total. The summed E-state index contributed by atoms with van der Waals surface area (Å²) < 4.78 is 0. The average Bonchev–Trinajstić information content (AvgIpc) is 2.42. The second-order valence-corrected chi connectivity index (χ2v) is 6.13. The monoisotopic (exact) mass is 266 g/mol. The first-order valence-corrected chi connectivity index (χ1v) is 6.72. The van der Waals surface area contributed by atoms with E-state index < -0.39 is 0 Å². The van der Waals surface area contributed by atoms with Gasteiger partial charge in [-0.1, -0.05) is 25.4 Å². The van der Waals surface area contributed by atoms with E-state index in [1.807, 2.05) is 11.0 Å². The van der Waals surface area contributed by atoms with Gasteiger partial charge >= 0.3 is 0 Å². The predicted molar refractivity (Wildman–Crippen MR) is 72.3 cm³/mol. The van der Waals surface area contributed by atoms with E-state index in [1.54, 1.807) is 12.3 Å². The van der Waals surface area contributed by atoms with Crippen LogP contribution in [0.5, 0.6) is 0 Å². The second-order valence-electron chi connectivity index (χ2n) is 5.69. The Morgan fingerprint density at radius 1 is 1.44 bits per heavy atom. The smallest absolute Gasteiger partial charge is 0.222 e. The molecule has 0 radical (unpaired) electrons. The van der Waals surface area contributed by atoms with Gasteiger partial charge in [0.15, 0.2) is 0 Å². The van der Waals surface area contributed by atoms with E-state index in [0.29, 0.717) is 18.0 Å². The summed E-state index contributed by atoms with van der Waals surface area (Å²) in [5.74, 6) is 0.224. The van der Waals surface area contributed by atoms with Crippen LogP contribution in [-0.4, -0.2) is 22.3 Å². The van der Waals surface area contributed by atoms with Crippen molar-refractivity contribution in [1.29, 1.82) is 0 Å².